The van der Waals surface area contributed by atoms with Crippen LogP contribution in [0.15, 0.2) is 24.3 Å². The largest absolute Gasteiger partial charge is 0.496 e. The number of nitrogens with one attached hydrogen (secondary N) is 1. The number of aryl methyl sites for hydroxylation is 1. The number of ether oxygens (including phenoxy) is 1. The van der Waals surface area contributed by atoms with Gasteiger partial charge in [-0.2, -0.15) is 0 Å². The average molecular weight is 258 g/mol. The smallest absolute Gasteiger partial charge is 0.165 e. The molecule has 0 unspecified atom stereocenters. The van der Waals surface area contributed by atoms with Gasteiger partial charge in [0, 0.05) is 11.3 Å². The molecule has 0 spiro atoms. The summed E-state index contributed by atoms with van der Waals surface area (Å²) in [6.45, 7) is 4.02. The first kappa shape index (κ1) is 13.3. The van der Waals surface area contributed by atoms with E-state index in [1.165, 1.54) is 0 Å². The highest BCUT2D eigenvalue weighted by Gasteiger charge is 2.13. The van der Waals surface area contributed by atoms with Crippen LogP contribution in [-0.4, -0.2) is 17.1 Å². The van der Waals surface area contributed by atoms with Gasteiger partial charge in [0.2, 0.25) is 0 Å². The maximum atomic E-state index is 5.52. The number of para-hydroxylation sites is 1. The number of benzene rings is 1. The molecule has 0 aliphatic rings. The summed E-state index contributed by atoms with van der Waals surface area (Å²) < 4.78 is 5.35. The van der Waals surface area contributed by atoms with E-state index in [4.69, 9.17) is 10.6 Å². The lowest BCUT2D eigenvalue weighted by Gasteiger charge is -2.12. The SMILES string of the molecule is CCc1nc(-c2ccccc2OC)nc(NN)c1C. The first-order valence-electron chi connectivity index (χ1n) is 6.18. The van der Waals surface area contributed by atoms with Crippen molar-refractivity contribution < 1.29 is 4.74 Å². The number of hydrazine groups is 1. The van der Waals surface area contributed by atoms with Gasteiger partial charge in [0.15, 0.2) is 5.82 Å². The Morgan fingerprint density at radius 1 is 1.26 bits per heavy atom. The summed E-state index contributed by atoms with van der Waals surface area (Å²) in [6, 6.07) is 7.67. The van der Waals surface area contributed by atoms with E-state index in [2.05, 4.69) is 22.3 Å². The third kappa shape index (κ3) is 2.51. The van der Waals surface area contributed by atoms with Crippen LogP contribution < -0.4 is 16.0 Å². The molecule has 0 fully saturated rings. The van der Waals surface area contributed by atoms with Gasteiger partial charge >= 0.3 is 0 Å². The normalized spacial score (nSPS) is 10.3. The fourth-order valence-electron chi connectivity index (χ4n) is 2.00. The maximum Gasteiger partial charge on any atom is 0.165 e. The van der Waals surface area contributed by atoms with Crippen LogP contribution in [0.3, 0.4) is 0 Å². The lowest BCUT2D eigenvalue weighted by molar-refractivity contribution is 0.416. The van der Waals surface area contributed by atoms with Crippen molar-refractivity contribution >= 4 is 5.82 Å². The van der Waals surface area contributed by atoms with Crippen molar-refractivity contribution in [2.24, 2.45) is 5.84 Å². The predicted molar refractivity (Wildman–Crippen MR) is 75.9 cm³/mol. The van der Waals surface area contributed by atoms with Crippen molar-refractivity contribution in [3.8, 4) is 17.1 Å². The number of nitrogens with zero attached hydrogens (tertiary/aromatic N) is 2. The molecule has 2 aromatic rings. The minimum absolute atomic E-state index is 0.618. The zero-order valence-electron chi connectivity index (χ0n) is 11.4. The van der Waals surface area contributed by atoms with Crippen LogP contribution in [-0.2, 0) is 6.42 Å². The zero-order chi connectivity index (χ0) is 13.8. The van der Waals surface area contributed by atoms with Crippen molar-refractivity contribution in [3.63, 3.8) is 0 Å². The number of rotatable bonds is 4. The standard InChI is InChI=1S/C14H18N4O/c1-4-11-9(2)13(18-15)17-14(16-11)10-7-5-6-8-12(10)19-3/h5-8H,4,15H2,1-3H3,(H,16,17,18). The molecule has 0 radical (unpaired) electrons. The second-order valence-electron chi connectivity index (χ2n) is 4.17. The van der Waals surface area contributed by atoms with E-state index < -0.39 is 0 Å². The minimum atomic E-state index is 0.618. The fraction of sp³-hybridized carbons (Fsp3) is 0.286. The van der Waals surface area contributed by atoms with Gasteiger partial charge in [-0.1, -0.05) is 19.1 Å². The summed E-state index contributed by atoms with van der Waals surface area (Å²) in [7, 11) is 1.63. The second kappa shape index (κ2) is 5.67. The van der Waals surface area contributed by atoms with Crippen LogP contribution in [0.5, 0.6) is 5.75 Å². The Balaban J connectivity index is 2.62. The maximum absolute atomic E-state index is 5.52. The van der Waals surface area contributed by atoms with Crippen molar-refractivity contribution in [1.29, 1.82) is 0 Å². The Kier molecular flexibility index (Phi) is 3.97. The first-order valence-corrected chi connectivity index (χ1v) is 6.18. The van der Waals surface area contributed by atoms with Gasteiger partial charge < -0.3 is 10.2 Å². The first-order chi connectivity index (χ1) is 9.21. The van der Waals surface area contributed by atoms with Gasteiger partial charge in [0.25, 0.3) is 0 Å². The highest BCUT2D eigenvalue weighted by molar-refractivity contribution is 5.66. The Hall–Kier alpha value is -2.14. The van der Waals surface area contributed by atoms with Crippen molar-refractivity contribution in [1.82, 2.24) is 9.97 Å². The van der Waals surface area contributed by atoms with Crippen LogP contribution in [0.1, 0.15) is 18.2 Å². The predicted octanol–water partition coefficient (Wildman–Crippen LogP) is 2.31. The van der Waals surface area contributed by atoms with Crippen LogP contribution in [0.2, 0.25) is 0 Å². The molecule has 3 N–H and O–H groups in total. The topological polar surface area (TPSA) is 73.1 Å². The van der Waals surface area contributed by atoms with Gasteiger partial charge in [-0.3, -0.25) is 0 Å². The number of hydrogen-bond donors (Lipinski definition) is 2. The zero-order valence-corrected chi connectivity index (χ0v) is 11.4. The van der Waals surface area contributed by atoms with E-state index in [9.17, 15) is 0 Å². The van der Waals surface area contributed by atoms with E-state index in [-0.39, 0.29) is 0 Å². The number of nitrogens with two attached hydrogens (primary N) is 1. The summed E-state index contributed by atoms with van der Waals surface area (Å²) in [5.41, 5.74) is 5.43. The van der Waals surface area contributed by atoms with Crippen LogP contribution in [0.25, 0.3) is 11.4 Å². The molecule has 19 heavy (non-hydrogen) atoms. The molecule has 1 aromatic carbocycles. The van der Waals surface area contributed by atoms with Crippen LogP contribution in [0.4, 0.5) is 5.82 Å². The Labute approximate surface area is 112 Å². The molecule has 0 saturated heterocycles. The molecule has 5 heteroatoms. The third-order valence-electron chi connectivity index (χ3n) is 3.07. The van der Waals surface area contributed by atoms with E-state index in [1.807, 2.05) is 31.2 Å². The van der Waals surface area contributed by atoms with Gasteiger partial charge in [-0.25, -0.2) is 15.8 Å². The Morgan fingerprint density at radius 2 is 2.00 bits per heavy atom. The molecular weight excluding hydrogens is 240 g/mol. The molecule has 100 valence electrons. The molecule has 0 bridgehead atoms. The number of methoxy groups -OCH3 is 1. The quantitative estimate of drug-likeness (QED) is 0.650. The summed E-state index contributed by atoms with van der Waals surface area (Å²) >= 11 is 0. The second-order valence-corrected chi connectivity index (χ2v) is 4.17. The van der Waals surface area contributed by atoms with Gasteiger partial charge in [-0.05, 0) is 25.5 Å². The van der Waals surface area contributed by atoms with Crippen LogP contribution >= 0.6 is 0 Å². The van der Waals surface area contributed by atoms with Crippen molar-refractivity contribution in [3.05, 3.63) is 35.5 Å². The van der Waals surface area contributed by atoms with Gasteiger partial charge in [0.1, 0.15) is 11.6 Å². The number of anilines is 1. The monoisotopic (exact) mass is 258 g/mol. The highest BCUT2D eigenvalue weighted by Crippen LogP contribution is 2.29. The molecule has 0 atom stereocenters. The molecule has 1 aromatic heterocycles. The molecule has 2 rings (SSSR count). The summed E-state index contributed by atoms with van der Waals surface area (Å²) in [5.74, 6) is 7.53. The van der Waals surface area contributed by atoms with E-state index >= 15 is 0 Å². The average Bonchev–Trinajstić information content (AvgIpc) is 2.47. The summed E-state index contributed by atoms with van der Waals surface area (Å²) in [6.07, 6.45) is 0.825. The summed E-state index contributed by atoms with van der Waals surface area (Å²) in [5, 5.41) is 0. The Bertz CT molecular complexity index is 558. The van der Waals surface area contributed by atoms with Gasteiger partial charge in [-0.15, -0.1) is 0 Å². The molecular formula is C14H18N4O. The van der Waals surface area contributed by atoms with Crippen molar-refractivity contribution in [2.45, 2.75) is 20.3 Å². The molecule has 1 heterocycles. The lowest BCUT2D eigenvalue weighted by atomic mass is 10.1. The van der Waals surface area contributed by atoms with E-state index in [1.54, 1.807) is 7.11 Å². The number of aromatic nitrogens is 2. The Morgan fingerprint density at radius 3 is 2.63 bits per heavy atom. The lowest BCUT2D eigenvalue weighted by Crippen LogP contribution is -2.13. The molecule has 0 aliphatic carbocycles. The van der Waals surface area contributed by atoms with Crippen LogP contribution in [0, 0.1) is 6.92 Å². The molecule has 0 saturated carbocycles. The minimum Gasteiger partial charge on any atom is -0.496 e. The number of nitrogen functional groups attached to an aromatic ring is 1. The molecule has 0 aliphatic heterocycles. The molecule has 0 amide bonds. The summed E-state index contributed by atoms with van der Waals surface area (Å²) in [4.78, 5) is 9.04. The van der Waals surface area contributed by atoms with Crippen molar-refractivity contribution in [2.75, 3.05) is 12.5 Å². The third-order valence-corrected chi connectivity index (χ3v) is 3.07. The van der Waals surface area contributed by atoms with E-state index in [0.717, 1.165) is 29.0 Å². The fourth-order valence-corrected chi connectivity index (χ4v) is 2.00. The number of hydrogen-bond acceptors (Lipinski definition) is 5. The highest BCUT2D eigenvalue weighted by atomic mass is 16.5. The van der Waals surface area contributed by atoms with Gasteiger partial charge in [0.05, 0.1) is 12.7 Å². The van der Waals surface area contributed by atoms with E-state index in [0.29, 0.717) is 11.6 Å². The molecule has 5 nitrogen and oxygen atoms in total.